The van der Waals surface area contributed by atoms with E-state index in [0.29, 0.717) is 13.0 Å². The zero-order valence-electron chi connectivity index (χ0n) is 13.0. The minimum atomic E-state index is -0.328. The van der Waals surface area contributed by atoms with Crippen molar-refractivity contribution in [3.63, 3.8) is 0 Å². The van der Waals surface area contributed by atoms with Gasteiger partial charge in [-0.25, -0.2) is 4.79 Å². The average Bonchev–Trinajstić information content (AvgIpc) is 2.95. The number of rotatable bonds is 4. The molecule has 0 bridgehead atoms. The molecule has 2 aromatic rings. The van der Waals surface area contributed by atoms with Gasteiger partial charge >= 0.3 is 5.97 Å². The fourth-order valence-electron chi connectivity index (χ4n) is 2.69. The van der Waals surface area contributed by atoms with Gasteiger partial charge in [-0.2, -0.15) is 0 Å². The number of fused-ring (bicyclic) bond motifs is 1. The molecule has 0 saturated carbocycles. The van der Waals surface area contributed by atoms with E-state index in [1.165, 1.54) is 6.08 Å². The standard InChI is InChI=1S/C18H20N2O3/c1-2-22-18(21)12-14-10-13(11-15-6-5-9-23-15)19-16-7-3-4-8-17(16)20-14/h3-9,12-13,19-20H,2,10-11H2,1H3/b14-12-. The summed E-state index contributed by atoms with van der Waals surface area (Å²) in [6.07, 6.45) is 4.62. The maximum absolute atomic E-state index is 11.8. The van der Waals surface area contributed by atoms with Crippen molar-refractivity contribution in [3.8, 4) is 0 Å². The molecule has 0 radical (unpaired) electrons. The van der Waals surface area contributed by atoms with Crippen LogP contribution in [-0.2, 0) is 16.0 Å². The number of benzene rings is 1. The maximum atomic E-state index is 11.8. The SMILES string of the molecule is CCOC(=O)/C=C1/CC(Cc2ccco2)Nc2ccccc2N1. The Kier molecular flexibility index (Phi) is 4.66. The van der Waals surface area contributed by atoms with Crippen LogP contribution >= 0.6 is 0 Å². The number of anilines is 2. The second-order valence-corrected chi connectivity index (χ2v) is 5.42. The minimum absolute atomic E-state index is 0.123. The van der Waals surface area contributed by atoms with Crippen molar-refractivity contribution < 1.29 is 13.9 Å². The molecule has 0 aliphatic carbocycles. The largest absolute Gasteiger partial charge is 0.469 e. The van der Waals surface area contributed by atoms with Gasteiger partial charge in [-0.15, -0.1) is 0 Å². The smallest absolute Gasteiger partial charge is 0.332 e. The lowest BCUT2D eigenvalue weighted by molar-refractivity contribution is -0.137. The van der Waals surface area contributed by atoms with Crippen LogP contribution in [0.4, 0.5) is 11.4 Å². The van der Waals surface area contributed by atoms with Crippen molar-refractivity contribution in [2.45, 2.75) is 25.8 Å². The summed E-state index contributed by atoms with van der Waals surface area (Å²) in [5, 5.41) is 6.84. The third-order valence-corrected chi connectivity index (χ3v) is 3.65. The molecular formula is C18H20N2O3. The van der Waals surface area contributed by atoms with Crippen LogP contribution in [0.5, 0.6) is 0 Å². The summed E-state index contributed by atoms with van der Waals surface area (Å²) in [7, 11) is 0. The predicted octanol–water partition coefficient (Wildman–Crippen LogP) is 3.57. The Hall–Kier alpha value is -2.69. The second-order valence-electron chi connectivity index (χ2n) is 5.42. The topological polar surface area (TPSA) is 63.5 Å². The number of furan rings is 1. The normalized spacial score (nSPS) is 18.5. The number of hydrogen-bond acceptors (Lipinski definition) is 5. The van der Waals surface area contributed by atoms with Crippen molar-refractivity contribution in [3.05, 3.63) is 60.2 Å². The monoisotopic (exact) mass is 312 g/mol. The number of hydrogen-bond donors (Lipinski definition) is 2. The first-order valence-electron chi connectivity index (χ1n) is 7.77. The zero-order valence-corrected chi connectivity index (χ0v) is 13.0. The van der Waals surface area contributed by atoms with Crippen molar-refractivity contribution in [1.29, 1.82) is 0 Å². The number of ether oxygens (including phenoxy) is 1. The van der Waals surface area contributed by atoms with Gasteiger partial charge in [-0.3, -0.25) is 0 Å². The van der Waals surface area contributed by atoms with Crippen LogP contribution in [0.1, 0.15) is 19.1 Å². The van der Waals surface area contributed by atoms with Gasteiger partial charge in [0.15, 0.2) is 0 Å². The number of esters is 1. The van der Waals surface area contributed by atoms with E-state index in [1.807, 2.05) is 36.4 Å². The molecule has 1 aliphatic heterocycles. The van der Waals surface area contributed by atoms with Crippen LogP contribution in [0.15, 0.2) is 58.9 Å². The Morgan fingerprint density at radius 3 is 2.87 bits per heavy atom. The van der Waals surface area contributed by atoms with E-state index in [0.717, 1.165) is 29.3 Å². The molecule has 0 spiro atoms. The third-order valence-electron chi connectivity index (χ3n) is 3.65. The van der Waals surface area contributed by atoms with Crippen LogP contribution in [-0.4, -0.2) is 18.6 Å². The number of carbonyl (C=O) groups excluding carboxylic acids is 1. The third kappa shape index (κ3) is 3.94. The van der Waals surface area contributed by atoms with Crippen molar-refractivity contribution >= 4 is 17.3 Å². The van der Waals surface area contributed by atoms with E-state index in [2.05, 4.69) is 10.6 Å². The maximum Gasteiger partial charge on any atom is 0.332 e. The van der Waals surface area contributed by atoms with Gasteiger partial charge in [0.25, 0.3) is 0 Å². The Bertz CT molecular complexity index is 692. The van der Waals surface area contributed by atoms with E-state index in [4.69, 9.17) is 9.15 Å². The van der Waals surface area contributed by atoms with E-state index in [-0.39, 0.29) is 12.0 Å². The highest BCUT2D eigenvalue weighted by atomic mass is 16.5. The number of carbonyl (C=O) groups is 1. The van der Waals surface area contributed by atoms with Crippen molar-refractivity contribution in [2.24, 2.45) is 0 Å². The summed E-state index contributed by atoms with van der Waals surface area (Å²) in [5.74, 6) is 0.587. The Balaban J connectivity index is 1.85. The molecule has 1 aliphatic rings. The summed E-state index contributed by atoms with van der Waals surface area (Å²) in [6.45, 7) is 2.17. The van der Waals surface area contributed by atoms with Gasteiger partial charge in [-0.05, 0) is 31.2 Å². The van der Waals surface area contributed by atoms with Gasteiger partial charge in [0.1, 0.15) is 5.76 Å². The zero-order chi connectivity index (χ0) is 16.1. The minimum Gasteiger partial charge on any atom is -0.469 e. The Morgan fingerprint density at radius 1 is 1.30 bits per heavy atom. The fourth-order valence-corrected chi connectivity index (χ4v) is 2.69. The first-order valence-corrected chi connectivity index (χ1v) is 7.77. The molecule has 0 amide bonds. The van der Waals surface area contributed by atoms with Crippen molar-refractivity contribution in [2.75, 3.05) is 17.2 Å². The van der Waals surface area contributed by atoms with Crippen LogP contribution < -0.4 is 10.6 Å². The van der Waals surface area contributed by atoms with Crippen LogP contribution in [0.3, 0.4) is 0 Å². The highest BCUT2D eigenvalue weighted by molar-refractivity contribution is 5.84. The summed E-state index contributed by atoms with van der Waals surface area (Å²) in [6, 6.07) is 11.9. The molecule has 0 saturated heterocycles. The average molecular weight is 312 g/mol. The van der Waals surface area contributed by atoms with Gasteiger partial charge < -0.3 is 19.8 Å². The molecular weight excluding hydrogens is 292 g/mol. The number of nitrogens with one attached hydrogen (secondary N) is 2. The number of para-hydroxylation sites is 2. The molecule has 120 valence electrons. The van der Waals surface area contributed by atoms with Gasteiger partial charge in [0.05, 0.1) is 24.2 Å². The summed E-state index contributed by atoms with van der Waals surface area (Å²) < 4.78 is 10.5. The molecule has 1 unspecified atom stereocenters. The molecule has 3 rings (SSSR count). The lowest BCUT2D eigenvalue weighted by atomic mass is 10.1. The second kappa shape index (κ2) is 7.05. The Labute approximate surface area is 135 Å². The molecule has 2 heterocycles. The van der Waals surface area contributed by atoms with E-state index in [1.54, 1.807) is 13.2 Å². The predicted molar refractivity (Wildman–Crippen MR) is 89.2 cm³/mol. The van der Waals surface area contributed by atoms with E-state index >= 15 is 0 Å². The van der Waals surface area contributed by atoms with E-state index in [9.17, 15) is 4.79 Å². The lowest BCUT2D eigenvalue weighted by Gasteiger charge is -2.16. The molecule has 2 N–H and O–H groups in total. The summed E-state index contributed by atoms with van der Waals surface area (Å²) >= 11 is 0. The van der Waals surface area contributed by atoms with Crippen molar-refractivity contribution in [1.82, 2.24) is 0 Å². The van der Waals surface area contributed by atoms with Gasteiger partial charge in [0, 0.05) is 30.7 Å². The van der Waals surface area contributed by atoms with Gasteiger partial charge in [0.2, 0.25) is 0 Å². The van der Waals surface area contributed by atoms with Crippen LogP contribution in [0.2, 0.25) is 0 Å². The molecule has 1 aromatic heterocycles. The molecule has 1 aromatic carbocycles. The summed E-state index contributed by atoms with van der Waals surface area (Å²) in [4.78, 5) is 11.8. The summed E-state index contributed by atoms with van der Waals surface area (Å²) in [5.41, 5.74) is 2.79. The first kappa shape index (κ1) is 15.2. The highest BCUT2D eigenvalue weighted by Gasteiger charge is 2.20. The Morgan fingerprint density at radius 2 is 2.13 bits per heavy atom. The molecule has 5 heteroatoms. The van der Waals surface area contributed by atoms with Gasteiger partial charge in [-0.1, -0.05) is 12.1 Å². The first-order chi connectivity index (χ1) is 11.2. The van der Waals surface area contributed by atoms with Crippen LogP contribution in [0.25, 0.3) is 0 Å². The fraction of sp³-hybridized carbons (Fsp3) is 0.278. The molecule has 23 heavy (non-hydrogen) atoms. The van der Waals surface area contributed by atoms with E-state index < -0.39 is 0 Å². The quantitative estimate of drug-likeness (QED) is 0.667. The van der Waals surface area contributed by atoms with Crippen LogP contribution in [0, 0.1) is 0 Å². The molecule has 1 atom stereocenters. The highest BCUT2D eigenvalue weighted by Crippen LogP contribution is 2.29. The molecule has 5 nitrogen and oxygen atoms in total. The lowest BCUT2D eigenvalue weighted by Crippen LogP contribution is -2.22. The molecule has 0 fully saturated rings.